The first kappa shape index (κ1) is 14.8. The van der Waals surface area contributed by atoms with Gasteiger partial charge in [0.25, 0.3) is 0 Å². The Morgan fingerprint density at radius 3 is 2.20 bits per heavy atom. The zero-order valence-electron chi connectivity index (χ0n) is 13.3. The average Bonchev–Trinajstić information content (AvgIpc) is 2.38. The first-order valence-electron chi connectivity index (χ1n) is 7.48. The molecule has 0 aliphatic heterocycles. The van der Waals surface area contributed by atoms with E-state index in [9.17, 15) is 0 Å². The SMILES string of the molecule is CC(C)Cc1ccc(-c2[c]ccc(C(C)(C)C)c2)cc1. The van der Waals surface area contributed by atoms with Crippen LogP contribution in [0.1, 0.15) is 45.7 Å². The van der Waals surface area contributed by atoms with E-state index in [0.717, 1.165) is 6.42 Å². The minimum atomic E-state index is 0.182. The van der Waals surface area contributed by atoms with Gasteiger partial charge in [-0.05, 0) is 46.1 Å². The van der Waals surface area contributed by atoms with E-state index in [-0.39, 0.29) is 5.41 Å². The van der Waals surface area contributed by atoms with Gasteiger partial charge in [-0.1, -0.05) is 77.1 Å². The second-order valence-electron chi connectivity index (χ2n) is 7.04. The van der Waals surface area contributed by atoms with Crippen LogP contribution < -0.4 is 0 Å². The molecule has 1 radical (unpaired) electrons. The fourth-order valence-electron chi connectivity index (χ4n) is 2.39. The van der Waals surface area contributed by atoms with Crippen LogP contribution in [0.2, 0.25) is 0 Å². The highest BCUT2D eigenvalue weighted by molar-refractivity contribution is 5.64. The van der Waals surface area contributed by atoms with Crippen molar-refractivity contribution in [2.24, 2.45) is 5.92 Å². The van der Waals surface area contributed by atoms with Crippen molar-refractivity contribution in [3.8, 4) is 11.1 Å². The molecule has 0 aliphatic carbocycles. The Kier molecular flexibility index (Phi) is 4.32. The summed E-state index contributed by atoms with van der Waals surface area (Å²) >= 11 is 0. The van der Waals surface area contributed by atoms with Crippen molar-refractivity contribution >= 4 is 0 Å². The van der Waals surface area contributed by atoms with Crippen molar-refractivity contribution in [3.05, 3.63) is 59.7 Å². The van der Waals surface area contributed by atoms with Gasteiger partial charge < -0.3 is 0 Å². The van der Waals surface area contributed by atoms with Crippen LogP contribution in [-0.2, 0) is 11.8 Å². The largest absolute Gasteiger partial charge is 0.0625 e. The monoisotopic (exact) mass is 265 g/mol. The van der Waals surface area contributed by atoms with Gasteiger partial charge in [0.05, 0.1) is 0 Å². The molecule has 0 saturated heterocycles. The number of hydrogen-bond acceptors (Lipinski definition) is 0. The molecule has 0 amide bonds. The lowest BCUT2D eigenvalue weighted by molar-refractivity contribution is 0.590. The molecular weight excluding hydrogens is 240 g/mol. The maximum absolute atomic E-state index is 3.36. The molecule has 0 spiro atoms. The molecule has 0 N–H and O–H groups in total. The molecule has 0 aliphatic rings. The van der Waals surface area contributed by atoms with Gasteiger partial charge in [0.15, 0.2) is 0 Å². The van der Waals surface area contributed by atoms with Crippen LogP contribution in [0.4, 0.5) is 0 Å². The third-order valence-electron chi connectivity index (χ3n) is 3.58. The maximum Gasteiger partial charge on any atom is -0.00990 e. The van der Waals surface area contributed by atoms with E-state index in [4.69, 9.17) is 0 Å². The van der Waals surface area contributed by atoms with Crippen molar-refractivity contribution < 1.29 is 0 Å². The van der Waals surface area contributed by atoms with Gasteiger partial charge in [0.2, 0.25) is 0 Å². The highest BCUT2D eigenvalue weighted by atomic mass is 14.2. The Morgan fingerprint density at radius 1 is 1.00 bits per heavy atom. The molecule has 0 nitrogen and oxygen atoms in total. The standard InChI is InChI=1S/C20H25/c1-15(2)13-16-9-11-17(12-10-16)18-7-6-8-19(14-18)20(3,4)5/h6,8-12,14-15H,13H2,1-5H3. The normalized spacial score (nSPS) is 11.9. The molecule has 0 saturated carbocycles. The first-order chi connectivity index (χ1) is 9.36. The summed E-state index contributed by atoms with van der Waals surface area (Å²) in [5.41, 5.74) is 5.40. The molecule has 0 heteroatoms. The van der Waals surface area contributed by atoms with Crippen LogP contribution in [-0.4, -0.2) is 0 Å². The summed E-state index contributed by atoms with van der Waals surface area (Å²) in [5.74, 6) is 0.705. The zero-order chi connectivity index (χ0) is 14.8. The fraction of sp³-hybridized carbons (Fsp3) is 0.400. The van der Waals surface area contributed by atoms with Gasteiger partial charge in [-0.3, -0.25) is 0 Å². The average molecular weight is 265 g/mol. The summed E-state index contributed by atoms with van der Waals surface area (Å²) in [4.78, 5) is 0. The van der Waals surface area contributed by atoms with E-state index < -0.39 is 0 Å². The van der Waals surface area contributed by atoms with Crippen molar-refractivity contribution in [1.29, 1.82) is 0 Å². The lowest BCUT2D eigenvalue weighted by atomic mass is 9.85. The highest BCUT2D eigenvalue weighted by Crippen LogP contribution is 2.27. The van der Waals surface area contributed by atoms with Gasteiger partial charge >= 0.3 is 0 Å². The predicted octanol–water partition coefficient (Wildman–Crippen LogP) is 5.65. The zero-order valence-corrected chi connectivity index (χ0v) is 13.3. The van der Waals surface area contributed by atoms with Gasteiger partial charge in [-0.25, -0.2) is 0 Å². The predicted molar refractivity (Wildman–Crippen MR) is 88.0 cm³/mol. The molecule has 2 aromatic carbocycles. The lowest BCUT2D eigenvalue weighted by Crippen LogP contribution is -2.10. The second kappa shape index (κ2) is 5.83. The summed E-state index contributed by atoms with van der Waals surface area (Å²) in [6.45, 7) is 11.3. The minimum Gasteiger partial charge on any atom is -0.0625 e. The van der Waals surface area contributed by atoms with Crippen LogP contribution in [0, 0.1) is 12.0 Å². The van der Waals surface area contributed by atoms with E-state index in [0.29, 0.717) is 5.92 Å². The second-order valence-corrected chi connectivity index (χ2v) is 7.04. The molecule has 0 fully saturated rings. The molecule has 2 aromatic rings. The quantitative estimate of drug-likeness (QED) is 0.672. The van der Waals surface area contributed by atoms with Crippen molar-refractivity contribution in [2.45, 2.75) is 46.5 Å². The Balaban J connectivity index is 2.28. The van der Waals surface area contributed by atoms with Gasteiger partial charge in [-0.2, -0.15) is 0 Å². The summed E-state index contributed by atoms with van der Waals surface area (Å²) in [7, 11) is 0. The number of benzene rings is 2. The highest BCUT2D eigenvalue weighted by Gasteiger charge is 2.14. The van der Waals surface area contributed by atoms with Crippen molar-refractivity contribution in [2.75, 3.05) is 0 Å². The molecule has 2 rings (SSSR count). The van der Waals surface area contributed by atoms with Crippen LogP contribution in [0.25, 0.3) is 11.1 Å². The maximum atomic E-state index is 3.36. The molecule has 105 valence electrons. The summed E-state index contributed by atoms with van der Waals surface area (Å²) in [5, 5.41) is 0. The number of rotatable bonds is 3. The third kappa shape index (κ3) is 3.72. The Morgan fingerprint density at radius 2 is 1.65 bits per heavy atom. The van der Waals surface area contributed by atoms with Crippen LogP contribution >= 0.6 is 0 Å². The molecular formula is C20H25. The first-order valence-corrected chi connectivity index (χ1v) is 7.48. The Bertz CT molecular complexity index is 553. The van der Waals surface area contributed by atoms with E-state index in [1.54, 1.807) is 0 Å². The molecule has 0 heterocycles. The van der Waals surface area contributed by atoms with E-state index in [1.165, 1.54) is 22.3 Å². The van der Waals surface area contributed by atoms with Crippen molar-refractivity contribution in [1.82, 2.24) is 0 Å². The van der Waals surface area contributed by atoms with Crippen LogP contribution in [0.5, 0.6) is 0 Å². The van der Waals surface area contributed by atoms with Crippen LogP contribution in [0.3, 0.4) is 0 Å². The molecule has 0 bridgehead atoms. The van der Waals surface area contributed by atoms with Crippen LogP contribution in [0.15, 0.2) is 42.5 Å². The lowest BCUT2D eigenvalue weighted by Gasteiger charge is -2.19. The topological polar surface area (TPSA) is 0 Å². The van der Waals surface area contributed by atoms with Gasteiger partial charge in [0, 0.05) is 0 Å². The van der Waals surface area contributed by atoms with E-state index >= 15 is 0 Å². The smallest absolute Gasteiger partial charge is 0.00990 e. The van der Waals surface area contributed by atoms with Gasteiger partial charge in [0.1, 0.15) is 0 Å². The fourth-order valence-corrected chi connectivity index (χ4v) is 2.39. The minimum absolute atomic E-state index is 0.182. The third-order valence-corrected chi connectivity index (χ3v) is 3.58. The van der Waals surface area contributed by atoms with Crippen molar-refractivity contribution in [3.63, 3.8) is 0 Å². The number of hydrogen-bond donors (Lipinski definition) is 0. The Labute approximate surface area is 123 Å². The van der Waals surface area contributed by atoms with Gasteiger partial charge in [-0.15, -0.1) is 0 Å². The summed E-state index contributed by atoms with van der Waals surface area (Å²) in [6.07, 6.45) is 1.14. The van der Waals surface area contributed by atoms with E-state index in [2.05, 4.69) is 77.1 Å². The molecule has 0 atom stereocenters. The summed E-state index contributed by atoms with van der Waals surface area (Å²) < 4.78 is 0. The molecule has 0 aromatic heterocycles. The van der Waals surface area contributed by atoms with E-state index in [1.807, 2.05) is 6.07 Å². The summed E-state index contributed by atoms with van der Waals surface area (Å²) in [6, 6.07) is 18.7. The molecule has 20 heavy (non-hydrogen) atoms. The Hall–Kier alpha value is -1.56. The molecule has 0 unspecified atom stereocenters.